The fraction of sp³-hybridized carbons (Fsp3) is 0.200. The second-order valence-corrected chi connectivity index (χ2v) is 5.30. The second kappa shape index (κ2) is 5.76. The molecule has 7 nitrogen and oxygen atoms in total. The van der Waals surface area contributed by atoms with Crippen molar-refractivity contribution in [2.75, 3.05) is 0 Å². The summed E-state index contributed by atoms with van der Waals surface area (Å²) in [7, 11) is -4.39. The Hall–Kier alpha value is -2.00. The fourth-order valence-electron chi connectivity index (χ4n) is 1.29. The van der Waals surface area contributed by atoms with E-state index < -0.39 is 45.1 Å². The number of aliphatic carboxylic acids is 1. The van der Waals surface area contributed by atoms with Crippen molar-refractivity contribution in [2.24, 2.45) is 5.73 Å². The van der Waals surface area contributed by atoms with Gasteiger partial charge in [0.2, 0.25) is 15.9 Å². The first kappa shape index (κ1) is 15.1. The number of rotatable bonds is 6. The van der Waals surface area contributed by atoms with Crippen LogP contribution in [0.2, 0.25) is 0 Å². The summed E-state index contributed by atoms with van der Waals surface area (Å²) in [6.07, 6.45) is -0.733. The van der Waals surface area contributed by atoms with Crippen LogP contribution in [-0.2, 0) is 19.6 Å². The third kappa shape index (κ3) is 4.00. The Kier molecular flexibility index (Phi) is 4.57. The minimum atomic E-state index is -4.39. The van der Waals surface area contributed by atoms with Crippen molar-refractivity contribution < 1.29 is 27.5 Å². The maximum atomic E-state index is 13.3. The van der Waals surface area contributed by atoms with Crippen LogP contribution < -0.4 is 10.5 Å². The molecule has 4 N–H and O–H groups in total. The van der Waals surface area contributed by atoms with Gasteiger partial charge in [-0.05, 0) is 12.1 Å². The van der Waals surface area contributed by atoms with Crippen LogP contribution in [0.15, 0.2) is 29.2 Å². The zero-order valence-corrected chi connectivity index (χ0v) is 10.4. The summed E-state index contributed by atoms with van der Waals surface area (Å²) in [6, 6.07) is 2.70. The first-order valence-electron chi connectivity index (χ1n) is 5.02. The van der Waals surface area contributed by atoms with E-state index in [1.165, 1.54) is 12.1 Å². The van der Waals surface area contributed by atoms with Gasteiger partial charge in [0, 0.05) is 0 Å². The number of benzene rings is 1. The number of primary amides is 1. The van der Waals surface area contributed by atoms with Crippen molar-refractivity contribution in [2.45, 2.75) is 17.4 Å². The smallest absolute Gasteiger partial charge is 0.322 e. The summed E-state index contributed by atoms with van der Waals surface area (Å²) in [5.74, 6) is -3.61. The standard InChI is InChI=1S/C10H11FN2O5S/c11-6-3-1-2-4-8(6)19(17,18)13-7(10(15)16)5-9(12)14/h1-4,7,13H,5H2,(H2,12,14)(H,15,16)/t7-/m1/s1. The third-order valence-corrected chi connectivity index (χ3v) is 3.63. The largest absolute Gasteiger partial charge is 0.480 e. The maximum Gasteiger partial charge on any atom is 0.322 e. The normalized spacial score (nSPS) is 12.9. The second-order valence-electron chi connectivity index (χ2n) is 3.61. The topological polar surface area (TPSA) is 127 Å². The molecule has 9 heteroatoms. The van der Waals surface area contributed by atoms with E-state index in [4.69, 9.17) is 10.8 Å². The summed E-state index contributed by atoms with van der Waals surface area (Å²) in [6.45, 7) is 0. The number of sulfonamides is 1. The van der Waals surface area contributed by atoms with Gasteiger partial charge >= 0.3 is 5.97 Å². The number of carboxylic acid groups (broad SMARTS) is 1. The molecule has 0 aliphatic carbocycles. The Labute approximate surface area is 108 Å². The molecule has 1 rings (SSSR count). The number of hydrogen-bond acceptors (Lipinski definition) is 4. The van der Waals surface area contributed by atoms with Crippen LogP contribution in [-0.4, -0.2) is 31.4 Å². The summed E-state index contributed by atoms with van der Waals surface area (Å²) in [4.78, 5) is 20.8. The van der Waals surface area contributed by atoms with E-state index in [0.29, 0.717) is 0 Å². The summed E-state index contributed by atoms with van der Waals surface area (Å²) < 4.78 is 38.6. The third-order valence-electron chi connectivity index (χ3n) is 2.13. The van der Waals surface area contributed by atoms with Gasteiger partial charge in [-0.1, -0.05) is 12.1 Å². The van der Waals surface area contributed by atoms with E-state index in [1.54, 1.807) is 4.72 Å². The van der Waals surface area contributed by atoms with Crippen LogP contribution >= 0.6 is 0 Å². The summed E-state index contributed by atoms with van der Waals surface area (Å²) >= 11 is 0. The van der Waals surface area contributed by atoms with E-state index >= 15 is 0 Å². The highest BCUT2D eigenvalue weighted by atomic mass is 32.2. The van der Waals surface area contributed by atoms with E-state index in [2.05, 4.69) is 0 Å². The van der Waals surface area contributed by atoms with Gasteiger partial charge in [0.15, 0.2) is 0 Å². The van der Waals surface area contributed by atoms with E-state index in [9.17, 15) is 22.4 Å². The highest BCUT2D eigenvalue weighted by molar-refractivity contribution is 7.89. The zero-order chi connectivity index (χ0) is 14.6. The minimum absolute atomic E-state index is 0.703. The molecule has 1 atom stereocenters. The highest BCUT2D eigenvalue weighted by Gasteiger charge is 2.28. The molecule has 1 aromatic rings. The van der Waals surface area contributed by atoms with Crippen molar-refractivity contribution in [1.29, 1.82) is 0 Å². The Morgan fingerprint density at radius 1 is 1.37 bits per heavy atom. The van der Waals surface area contributed by atoms with Crippen LogP contribution in [0, 0.1) is 5.82 Å². The molecular formula is C10H11FN2O5S. The number of nitrogens with one attached hydrogen (secondary N) is 1. The predicted octanol–water partition coefficient (Wildman–Crippen LogP) is -0.567. The van der Waals surface area contributed by atoms with Gasteiger partial charge in [-0.3, -0.25) is 9.59 Å². The van der Waals surface area contributed by atoms with Gasteiger partial charge in [0.25, 0.3) is 0 Å². The van der Waals surface area contributed by atoms with Gasteiger partial charge in [-0.2, -0.15) is 4.72 Å². The first-order chi connectivity index (χ1) is 8.74. The Balaban J connectivity index is 3.04. The molecule has 0 radical (unpaired) electrons. The van der Waals surface area contributed by atoms with Crippen LogP contribution in [0.4, 0.5) is 4.39 Å². The van der Waals surface area contributed by atoms with Crippen molar-refractivity contribution in [3.05, 3.63) is 30.1 Å². The monoisotopic (exact) mass is 290 g/mol. The Morgan fingerprint density at radius 2 is 1.95 bits per heavy atom. The molecule has 1 amide bonds. The van der Waals surface area contributed by atoms with E-state index in [1.807, 2.05) is 0 Å². The fourth-order valence-corrected chi connectivity index (χ4v) is 2.56. The van der Waals surface area contributed by atoms with Crippen LogP contribution in [0.5, 0.6) is 0 Å². The molecule has 0 heterocycles. The molecule has 0 fully saturated rings. The Morgan fingerprint density at radius 3 is 2.42 bits per heavy atom. The number of nitrogens with two attached hydrogens (primary N) is 1. The average Bonchev–Trinajstić information content (AvgIpc) is 2.27. The van der Waals surface area contributed by atoms with Crippen molar-refractivity contribution in [3.8, 4) is 0 Å². The zero-order valence-electron chi connectivity index (χ0n) is 9.54. The molecule has 0 aliphatic rings. The van der Waals surface area contributed by atoms with Gasteiger partial charge in [-0.15, -0.1) is 0 Å². The summed E-state index contributed by atoms with van der Waals surface area (Å²) in [5.41, 5.74) is 4.81. The molecule has 0 aliphatic heterocycles. The lowest BCUT2D eigenvalue weighted by atomic mass is 10.2. The molecule has 1 aromatic carbocycles. The van der Waals surface area contributed by atoms with Crippen LogP contribution in [0.1, 0.15) is 6.42 Å². The van der Waals surface area contributed by atoms with E-state index in [-0.39, 0.29) is 0 Å². The van der Waals surface area contributed by atoms with Crippen molar-refractivity contribution in [3.63, 3.8) is 0 Å². The van der Waals surface area contributed by atoms with Gasteiger partial charge in [0.1, 0.15) is 16.8 Å². The van der Waals surface area contributed by atoms with E-state index in [0.717, 1.165) is 12.1 Å². The maximum absolute atomic E-state index is 13.3. The number of hydrogen-bond donors (Lipinski definition) is 3. The first-order valence-corrected chi connectivity index (χ1v) is 6.50. The molecule has 0 bridgehead atoms. The molecule has 0 spiro atoms. The molecule has 0 aromatic heterocycles. The summed E-state index contributed by atoms with van der Waals surface area (Å²) in [5, 5.41) is 8.77. The number of halogens is 1. The minimum Gasteiger partial charge on any atom is -0.480 e. The Bertz CT molecular complexity index is 602. The number of carbonyl (C=O) groups is 2. The highest BCUT2D eigenvalue weighted by Crippen LogP contribution is 2.14. The molecular weight excluding hydrogens is 279 g/mol. The lowest BCUT2D eigenvalue weighted by Crippen LogP contribution is -2.43. The predicted molar refractivity (Wildman–Crippen MR) is 62.0 cm³/mol. The molecule has 0 saturated carbocycles. The number of carbonyl (C=O) groups excluding carboxylic acids is 1. The van der Waals surface area contributed by atoms with Crippen molar-refractivity contribution in [1.82, 2.24) is 4.72 Å². The number of carboxylic acids is 1. The van der Waals surface area contributed by atoms with Crippen LogP contribution in [0.25, 0.3) is 0 Å². The molecule has 19 heavy (non-hydrogen) atoms. The SMILES string of the molecule is NC(=O)C[C@@H](NS(=O)(=O)c1ccccc1F)C(=O)O. The molecule has 104 valence electrons. The van der Waals surface area contributed by atoms with Gasteiger partial charge < -0.3 is 10.8 Å². The lowest BCUT2D eigenvalue weighted by molar-refractivity contribution is -0.140. The number of amides is 1. The van der Waals surface area contributed by atoms with Crippen LogP contribution in [0.3, 0.4) is 0 Å². The molecule has 0 saturated heterocycles. The van der Waals surface area contributed by atoms with Crippen molar-refractivity contribution >= 4 is 21.9 Å². The average molecular weight is 290 g/mol. The molecule has 0 unspecified atom stereocenters. The quantitative estimate of drug-likeness (QED) is 0.647. The van der Waals surface area contributed by atoms with Gasteiger partial charge in [0.05, 0.1) is 6.42 Å². The van der Waals surface area contributed by atoms with Gasteiger partial charge in [-0.25, -0.2) is 12.8 Å². The lowest BCUT2D eigenvalue weighted by Gasteiger charge is -2.13.